The van der Waals surface area contributed by atoms with E-state index in [1.807, 2.05) is 29.2 Å². The number of hydrogen-bond acceptors (Lipinski definition) is 4. The monoisotopic (exact) mass is 419 g/mol. The largest absolute Gasteiger partial charge is 0.497 e. The molecule has 0 aromatic heterocycles. The third-order valence-electron chi connectivity index (χ3n) is 6.58. The molecule has 1 aliphatic heterocycles. The Morgan fingerprint density at radius 1 is 1.14 bits per heavy atom. The zero-order valence-corrected chi connectivity index (χ0v) is 19.0. The van der Waals surface area contributed by atoms with Crippen LogP contribution in [-0.2, 0) is 4.79 Å². The summed E-state index contributed by atoms with van der Waals surface area (Å²) in [5.41, 5.74) is 0. The van der Waals surface area contributed by atoms with Crippen molar-refractivity contribution in [3.63, 3.8) is 0 Å². The minimum atomic E-state index is 0.0897. The molecular weight excluding hydrogens is 382 g/mol. The first-order chi connectivity index (χ1) is 14.2. The first-order valence-electron chi connectivity index (χ1n) is 11.4. The Morgan fingerprint density at radius 3 is 2.52 bits per heavy atom. The van der Waals surface area contributed by atoms with Gasteiger partial charge in [-0.25, -0.2) is 0 Å². The van der Waals surface area contributed by atoms with E-state index in [2.05, 4.69) is 18.7 Å². The molecule has 5 heteroatoms. The molecule has 0 N–H and O–H groups in total. The van der Waals surface area contributed by atoms with Gasteiger partial charge in [0, 0.05) is 23.9 Å². The lowest BCUT2D eigenvalue weighted by molar-refractivity contribution is -0.133. The molecule has 1 saturated heterocycles. The number of nitrogens with zero attached hydrogens (tertiary/aromatic N) is 1. The molecule has 0 spiro atoms. The molecule has 0 radical (unpaired) electrons. The molecule has 4 nitrogen and oxygen atoms in total. The van der Waals surface area contributed by atoms with Crippen LogP contribution in [0, 0.1) is 5.92 Å². The molecule has 1 saturated carbocycles. The summed E-state index contributed by atoms with van der Waals surface area (Å²) >= 11 is 2.14. The number of ether oxygens (including phenoxy) is 2. The molecule has 3 rings (SSSR count). The van der Waals surface area contributed by atoms with Gasteiger partial charge in [0.25, 0.3) is 5.91 Å². The summed E-state index contributed by atoms with van der Waals surface area (Å²) < 4.78 is 11.3. The van der Waals surface area contributed by atoms with Gasteiger partial charge in [0.15, 0.2) is 6.61 Å². The van der Waals surface area contributed by atoms with E-state index in [1.54, 1.807) is 7.11 Å². The fraction of sp³-hybridized carbons (Fsp3) is 0.708. The van der Waals surface area contributed by atoms with E-state index in [1.165, 1.54) is 63.5 Å². The first kappa shape index (κ1) is 22.3. The van der Waals surface area contributed by atoms with Gasteiger partial charge < -0.3 is 14.4 Å². The van der Waals surface area contributed by atoms with Crippen molar-refractivity contribution in [2.75, 3.05) is 32.6 Å². The number of amides is 1. The Balaban J connectivity index is 1.62. The molecule has 1 unspecified atom stereocenters. The average Bonchev–Trinajstić information content (AvgIpc) is 3.19. The second-order valence-corrected chi connectivity index (χ2v) is 9.94. The molecule has 1 atom stereocenters. The van der Waals surface area contributed by atoms with Crippen molar-refractivity contribution in [3.05, 3.63) is 24.3 Å². The maximum atomic E-state index is 13.0. The highest BCUT2D eigenvalue weighted by Crippen LogP contribution is 2.48. The lowest BCUT2D eigenvalue weighted by Crippen LogP contribution is -2.48. The first-order valence-corrected chi connectivity index (χ1v) is 12.3. The topological polar surface area (TPSA) is 38.8 Å². The maximum Gasteiger partial charge on any atom is 0.260 e. The summed E-state index contributed by atoms with van der Waals surface area (Å²) in [7, 11) is 1.64. The summed E-state index contributed by atoms with van der Waals surface area (Å²) in [4.78, 5) is 15.0. The highest BCUT2D eigenvalue weighted by atomic mass is 32.2. The molecule has 162 valence electrons. The van der Waals surface area contributed by atoms with Gasteiger partial charge in [0.1, 0.15) is 11.5 Å². The van der Waals surface area contributed by atoms with Crippen LogP contribution in [0.3, 0.4) is 0 Å². The molecule has 0 bridgehead atoms. The van der Waals surface area contributed by atoms with Crippen molar-refractivity contribution in [2.45, 2.75) is 69.5 Å². The maximum absolute atomic E-state index is 13.0. The van der Waals surface area contributed by atoms with E-state index >= 15 is 0 Å². The van der Waals surface area contributed by atoms with Gasteiger partial charge in [-0.1, -0.05) is 38.2 Å². The summed E-state index contributed by atoms with van der Waals surface area (Å²) in [6.07, 6.45) is 12.1. The average molecular weight is 420 g/mol. The lowest BCUT2D eigenvalue weighted by Gasteiger charge is -2.41. The van der Waals surface area contributed by atoms with Gasteiger partial charge in [0.2, 0.25) is 0 Å². The Hall–Kier alpha value is -1.36. The second-order valence-electron chi connectivity index (χ2n) is 8.43. The molecule has 2 aliphatic rings. The van der Waals surface area contributed by atoms with E-state index in [9.17, 15) is 4.79 Å². The quantitative estimate of drug-likeness (QED) is 0.554. The summed E-state index contributed by atoms with van der Waals surface area (Å²) in [6.45, 7) is 3.80. The Morgan fingerprint density at radius 2 is 1.86 bits per heavy atom. The highest BCUT2D eigenvalue weighted by molar-refractivity contribution is 8.00. The Kier molecular flexibility index (Phi) is 8.58. The van der Waals surface area contributed by atoms with Gasteiger partial charge in [-0.15, -0.1) is 0 Å². The van der Waals surface area contributed by atoms with Crippen LogP contribution in [0.1, 0.15) is 64.7 Å². The second kappa shape index (κ2) is 11.1. The zero-order valence-electron chi connectivity index (χ0n) is 18.2. The van der Waals surface area contributed by atoms with Crippen LogP contribution in [0.25, 0.3) is 0 Å². The van der Waals surface area contributed by atoms with Crippen molar-refractivity contribution >= 4 is 17.7 Å². The molecule has 1 aromatic carbocycles. The van der Waals surface area contributed by atoms with Crippen molar-refractivity contribution in [2.24, 2.45) is 5.92 Å². The van der Waals surface area contributed by atoms with Gasteiger partial charge in [-0.05, 0) is 56.4 Å². The van der Waals surface area contributed by atoms with E-state index < -0.39 is 0 Å². The third kappa shape index (κ3) is 6.07. The number of hydrogen-bond donors (Lipinski definition) is 0. The van der Waals surface area contributed by atoms with Gasteiger partial charge in [0.05, 0.1) is 7.11 Å². The van der Waals surface area contributed by atoms with Crippen LogP contribution in [0.2, 0.25) is 0 Å². The number of thioether (sulfide) groups is 1. The van der Waals surface area contributed by atoms with Crippen molar-refractivity contribution in [1.29, 1.82) is 0 Å². The summed E-state index contributed by atoms with van der Waals surface area (Å²) in [5.74, 6) is 3.50. The molecule has 1 amide bonds. The van der Waals surface area contributed by atoms with Gasteiger partial charge in [-0.3, -0.25) is 4.79 Å². The van der Waals surface area contributed by atoms with Crippen molar-refractivity contribution in [1.82, 2.24) is 4.90 Å². The molecule has 2 fully saturated rings. The minimum Gasteiger partial charge on any atom is -0.497 e. The SMILES string of the molecule is CCN(CC1(C2CCCCCCC2)CCCS1)C(=O)COc1cccc(OC)c1. The zero-order chi connectivity index (χ0) is 20.5. The van der Waals surface area contributed by atoms with Crippen molar-refractivity contribution < 1.29 is 14.3 Å². The fourth-order valence-corrected chi connectivity index (χ4v) is 6.61. The number of likely N-dealkylation sites (N-methyl/N-ethyl adjacent to an activating group) is 1. The lowest BCUT2D eigenvalue weighted by atomic mass is 9.78. The number of carbonyl (C=O) groups is 1. The smallest absolute Gasteiger partial charge is 0.260 e. The van der Waals surface area contributed by atoms with E-state index in [-0.39, 0.29) is 17.3 Å². The van der Waals surface area contributed by atoms with Crippen LogP contribution in [0.5, 0.6) is 11.5 Å². The normalized spacial score (nSPS) is 23.2. The Labute approximate surface area is 180 Å². The van der Waals surface area contributed by atoms with Gasteiger partial charge in [-0.2, -0.15) is 11.8 Å². The number of methoxy groups -OCH3 is 1. The minimum absolute atomic E-state index is 0.0897. The number of rotatable bonds is 8. The standard InChI is InChI=1S/C24H37NO3S/c1-3-25(23(26)18-28-22-14-9-13-21(17-22)27-2)19-24(15-10-16-29-24)20-11-7-5-4-6-8-12-20/h9,13-14,17,20H,3-8,10-12,15-16,18-19H2,1-2H3. The number of carbonyl (C=O) groups excluding carboxylic acids is 1. The Bertz CT molecular complexity index is 637. The summed E-state index contributed by atoms with van der Waals surface area (Å²) in [5, 5.41) is 0. The summed E-state index contributed by atoms with van der Waals surface area (Å²) in [6, 6.07) is 7.46. The highest BCUT2D eigenvalue weighted by Gasteiger charge is 2.43. The molecule has 29 heavy (non-hydrogen) atoms. The van der Waals surface area contributed by atoms with Crippen LogP contribution >= 0.6 is 11.8 Å². The fourth-order valence-electron chi connectivity index (χ4n) is 4.90. The molecular formula is C24H37NO3S. The van der Waals surface area contributed by atoms with E-state index in [0.717, 1.165) is 24.8 Å². The van der Waals surface area contributed by atoms with Crippen molar-refractivity contribution in [3.8, 4) is 11.5 Å². The van der Waals surface area contributed by atoms with E-state index in [4.69, 9.17) is 9.47 Å². The van der Waals surface area contributed by atoms with E-state index in [0.29, 0.717) is 5.75 Å². The predicted octanol–water partition coefficient (Wildman–Crippen LogP) is 5.55. The molecule has 1 heterocycles. The van der Waals surface area contributed by atoms with Gasteiger partial charge >= 0.3 is 0 Å². The number of benzene rings is 1. The predicted molar refractivity (Wildman–Crippen MR) is 121 cm³/mol. The molecule has 1 aliphatic carbocycles. The van der Waals surface area contributed by atoms with Crippen LogP contribution in [0.4, 0.5) is 0 Å². The van der Waals surface area contributed by atoms with Crippen LogP contribution in [-0.4, -0.2) is 48.1 Å². The molecule has 1 aromatic rings. The van der Waals surface area contributed by atoms with Crippen LogP contribution in [0.15, 0.2) is 24.3 Å². The van der Waals surface area contributed by atoms with Crippen LogP contribution < -0.4 is 9.47 Å². The third-order valence-corrected chi connectivity index (χ3v) is 8.31.